The van der Waals surface area contributed by atoms with E-state index < -0.39 is 0 Å². The first kappa shape index (κ1) is 18.0. The van der Waals surface area contributed by atoms with Crippen LogP contribution in [0.25, 0.3) is 0 Å². The summed E-state index contributed by atoms with van der Waals surface area (Å²) in [6, 6.07) is 5.30. The van der Waals surface area contributed by atoms with Gasteiger partial charge < -0.3 is 10.6 Å². The molecule has 0 unspecified atom stereocenters. The zero-order valence-electron chi connectivity index (χ0n) is 13.6. The third-order valence-electron chi connectivity index (χ3n) is 3.15. The van der Waals surface area contributed by atoms with Gasteiger partial charge in [-0.2, -0.15) is 0 Å². The molecule has 0 aromatic carbocycles. The van der Waals surface area contributed by atoms with Crippen molar-refractivity contribution < 1.29 is 9.59 Å². The summed E-state index contributed by atoms with van der Waals surface area (Å²) in [6.07, 6.45) is 3.45. The van der Waals surface area contributed by atoms with Crippen LogP contribution in [0.3, 0.4) is 0 Å². The Balaban J connectivity index is 1.39. The Morgan fingerprint density at radius 2 is 1.92 bits per heavy atom. The first-order valence-corrected chi connectivity index (χ1v) is 9.53. The molecule has 3 aromatic heterocycles. The van der Waals surface area contributed by atoms with Gasteiger partial charge in [0.2, 0.25) is 11.9 Å². The second kappa shape index (κ2) is 9.02. The molecule has 0 saturated carbocycles. The first-order chi connectivity index (χ1) is 12.7. The molecule has 0 saturated heterocycles. The van der Waals surface area contributed by atoms with Crippen molar-refractivity contribution in [3.05, 3.63) is 51.9 Å². The minimum atomic E-state index is -0.195. The molecule has 2 amide bonds. The number of nitrogens with zero attached hydrogens (tertiary/aromatic N) is 3. The lowest BCUT2D eigenvalue weighted by Crippen LogP contribution is -2.30. The first-order valence-electron chi connectivity index (χ1n) is 7.77. The predicted octanol–water partition coefficient (Wildman–Crippen LogP) is 2.02. The van der Waals surface area contributed by atoms with E-state index in [2.05, 4.69) is 30.9 Å². The molecule has 3 rings (SSSR count). The maximum atomic E-state index is 12.0. The number of anilines is 2. The van der Waals surface area contributed by atoms with Gasteiger partial charge in [0.15, 0.2) is 5.13 Å². The van der Waals surface area contributed by atoms with E-state index in [1.807, 2.05) is 11.4 Å². The monoisotopic (exact) mass is 388 g/mol. The molecular weight excluding hydrogens is 372 g/mol. The van der Waals surface area contributed by atoms with E-state index in [9.17, 15) is 9.59 Å². The van der Waals surface area contributed by atoms with Crippen molar-refractivity contribution in [1.82, 2.24) is 20.3 Å². The largest absolute Gasteiger partial charge is 0.354 e. The molecule has 134 valence electrons. The van der Waals surface area contributed by atoms with E-state index in [4.69, 9.17) is 0 Å². The Labute approximate surface area is 157 Å². The van der Waals surface area contributed by atoms with E-state index in [1.165, 1.54) is 22.7 Å². The Morgan fingerprint density at radius 1 is 1.08 bits per heavy atom. The molecule has 0 radical (unpaired) electrons. The van der Waals surface area contributed by atoms with E-state index in [0.717, 1.165) is 0 Å². The molecule has 0 atom stereocenters. The van der Waals surface area contributed by atoms with Crippen LogP contribution in [-0.4, -0.2) is 39.9 Å². The molecule has 3 N–H and O–H groups in total. The molecule has 0 aliphatic heterocycles. The Kier molecular flexibility index (Phi) is 6.23. The van der Waals surface area contributed by atoms with Crippen molar-refractivity contribution in [2.75, 3.05) is 23.7 Å². The Hall–Kier alpha value is -2.85. The van der Waals surface area contributed by atoms with Crippen LogP contribution in [0.15, 0.2) is 41.4 Å². The third-order valence-corrected chi connectivity index (χ3v) is 4.83. The lowest BCUT2D eigenvalue weighted by atomic mass is 10.3. The fourth-order valence-electron chi connectivity index (χ4n) is 2.01. The van der Waals surface area contributed by atoms with Crippen molar-refractivity contribution in [1.29, 1.82) is 0 Å². The highest BCUT2D eigenvalue weighted by molar-refractivity contribution is 7.14. The van der Waals surface area contributed by atoms with Crippen LogP contribution in [-0.2, 0) is 11.2 Å². The number of hydrogen-bond acceptors (Lipinski definition) is 8. The van der Waals surface area contributed by atoms with Crippen molar-refractivity contribution in [2.24, 2.45) is 0 Å². The van der Waals surface area contributed by atoms with Crippen LogP contribution in [0.5, 0.6) is 0 Å². The summed E-state index contributed by atoms with van der Waals surface area (Å²) in [5.41, 5.74) is 0.619. The molecular formula is C16H16N6O2S2. The normalized spacial score (nSPS) is 10.3. The summed E-state index contributed by atoms with van der Waals surface area (Å²) >= 11 is 2.66. The Bertz CT molecular complexity index is 851. The summed E-state index contributed by atoms with van der Waals surface area (Å²) in [6.45, 7) is 0.970. The highest BCUT2D eigenvalue weighted by Gasteiger charge is 2.11. The van der Waals surface area contributed by atoms with Crippen molar-refractivity contribution in [2.45, 2.75) is 6.42 Å². The molecule has 10 heteroatoms. The van der Waals surface area contributed by atoms with Crippen LogP contribution in [0.1, 0.15) is 15.4 Å². The van der Waals surface area contributed by atoms with E-state index in [-0.39, 0.29) is 18.2 Å². The standard InChI is InChI=1S/C16H16N6O2S2/c23-13(17-6-7-20-15-18-4-2-5-19-15)9-11-10-26-16(21-11)22-14(24)12-3-1-8-25-12/h1-5,8,10H,6-7,9H2,(H,17,23)(H,18,19,20)(H,21,22,24). The quantitative estimate of drug-likeness (QED) is 0.510. The fourth-order valence-corrected chi connectivity index (χ4v) is 3.33. The topological polar surface area (TPSA) is 109 Å². The predicted molar refractivity (Wildman–Crippen MR) is 102 cm³/mol. The lowest BCUT2D eigenvalue weighted by molar-refractivity contribution is -0.120. The van der Waals surface area contributed by atoms with Crippen molar-refractivity contribution >= 4 is 45.6 Å². The minimum Gasteiger partial charge on any atom is -0.354 e. The second-order valence-electron chi connectivity index (χ2n) is 5.10. The molecule has 0 aliphatic carbocycles. The number of amides is 2. The highest BCUT2D eigenvalue weighted by Crippen LogP contribution is 2.18. The number of hydrogen-bond donors (Lipinski definition) is 3. The second-order valence-corrected chi connectivity index (χ2v) is 6.91. The van der Waals surface area contributed by atoms with Gasteiger partial charge in [-0.1, -0.05) is 6.07 Å². The van der Waals surface area contributed by atoms with Crippen LogP contribution >= 0.6 is 22.7 Å². The molecule has 0 bridgehead atoms. The number of carbonyl (C=O) groups is 2. The van der Waals surface area contributed by atoms with Gasteiger partial charge in [-0.05, 0) is 17.5 Å². The van der Waals surface area contributed by atoms with Crippen LogP contribution in [0.2, 0.25) is 0 Å². The molecule has 26 heavy (non-hydrogen) atoms. The molecule has 0 fully saturated rings. The van der Waals surface area contributed by atoms with E-state index in [0.29, 0.717) is 34.7 Å². The summed E-state index contributed by atoms with van der Waals surface area (Å²) in [7, 11) is 0. The van der Waals surface area contributed by atoms with Gasteiger partial charge in [0.05, 0.1) is 17.0 Å². The zero-order chi connectivity index (χ0) is 18.2. The van der Waals surface area contributed by atoms with Gasteiger partial charge in [0, 0.05) is 30.9 Å². The van der Waals surface area contributed by atoms with Crippen LogP contribution in [0, 0.1) is 0 Å². The molecule has 3 heterocycles. The molecule has 0 spiro atoms. The Morgan fingerprint density at radius 3 is 2.69 bits per heavy atom. The average molecular weight is 388 g/mol. The van der Waals surface area contributed by atoms with Crippen LogP contribution in [0.4, 0.5) is 11.1 Å². The minimum absolute atomic E-state index is 0.137. The average Bonchev–Trinajstić information content (AvgIpc) is 3.32. The summed E-state index contributed by atoms with van der Waals surface area (Å²) in [4.78, 5) is 36.9. The third kappa shape index (κ3) is 5.33. The summed E-state index contributed by atoms with van der Waals surface area (Å²) < 4.78 is 0. The zero-order valence-corrected chi connectivity index (χ0v) is 15.3. The summed E-state index contributed by atoms with van der Waals surface area (Å²) in [5, 5.41) is 12.6. The smallest absolute Gasteiger partial charge is 0.267 e. The number of aromatic nitrogens is 3. The van der Waals surface area contributed by atoms with Gasteiger partial charge >= 0.3 is 0 Å². The number of carbonyl (C=O) groups excluding carboxylic acids is 2. The van der Waals surface area contributed by atoms with Gasteiger partial charge in [0.1, 0.15) is 0 Å². The number of nitrogens with one attached hydrogen (secondary N) is 3. The van der Waals surface area contributed by atoms with Gasteiger partial charge in [0.25, 0.3) is 5.91 Å². The highest BCUT2D eigenvalue weighted by atomic mass is 32.1. The van der Waals surface area contributed by atoms with E-state index >= 15 is 0 Å². The van der Waals surface area contributed by atoms with Gasteiger partial charge in [-0.25, -0.2) is 15.0 Å². The SMILES string of the molecule is O=C(Cc1csc(NC(=O)c2cccs2)n1)NCCNc1ncccn1. The fraction of sp³-hybridized carbons (Fsp3) is 0.188. The molecule has 3 aromatic rings. The molecule has 8 nitrogen and oxygen atoms in total. The number of thiazole rings is 1. The maximum absolute atomic E-state index is 12.0. The van der Waals surface area contributed by atoms with Crippen molar-refractivity contribution in [3.63, 3.8) is 0 Å². The van der Waals surface area contributed by atoms with Gasteiger partial charge in [-0.3, -0.25) is 14.9 Å². The molecule has 0 aliphatic rings. The number of rotatable bonds is 8. The maximum Gasteiger partial charge on any atom is 0.267 e. The van der Waals surface area contributed by atoms with Crippen molar-refractivity contribution in [3.8, 4) is 0 Å². The van der Waals surface area contributed by atoms with Crippen LogP contribution < -0.4 is 16.0 Å². The number of thiophene rings is 1. The lowest BCUT2D eigenvalue weighted by Gasteiger charge is -2.05. The van der Waals surface area contributed by atoms with E-state index in [1.54, 1.807) is 29.9 Å². The summed E-state index contributed by atoms with van der Waals surface area (Å²) in [5.74, 6) is 0.189. The van der Waals surface area contributed by atoms with Gasteiger partial charge in [-0.15, -0.1) is 22.7 Å².